The number of rotatable bonds is 6. The lowest BCUT2D eigenvalue weighted by Gasteiger charge is -2.03. The van der Waals surface area contributed by atoms with Gasteiger partial charge < -0.3 is 5.11 Å². The van der Waals surface area contributed by atoms with Crippen LogP contribution in [0, 0.1) is 0 Å². The molecule has 0 unspecified atom stereocenters. The second-order valence-electron chi connectivity index (χ2n) is 3.66. The molecule has 98 valence electrons. The molecule has 2 aromatic rings. The third kappa shape index (κ3) is 3.39. The van der Waals surface area contributed by atoms with Crippen LogP contribution < -0.4 is 4.72 Å². The van der Waals surface area contributed by atoms with Gasteiger partial charge in [-0.3, -0.25) is 0 Å². The van der Waals surface area contributed by atoms with E-state index >= 15 is 0 Å². The van der Waals surface area contributed by atoms with Crippen molar-refractivity contribution in [3.63, 3.8) is 0 Å². The van der Waals surface area contributed by atoms with Crippen molar-refractivity contribution in [2.24, 2.45) is 0 Å². The maximum Gasteiger partial charge on any atom is 0.250 e. The van der Waals surface area contributed by atoms with E-state index < -0.39 is 10.0 Å². The summed E-state index contributed by atoms with van der Waals surface area (Å²) in [5.74, 6) is 0. The Morgan fingerprint density at radius 3 is 2.78 bits per heavy atom. The number of hydrogen-bond donors (Lipinski definition) is 2. The molecule has 0 spiro atoms. The van der Waals surface area contributed by atoms with E-state index in [1.165, 1.54) is 6.07 Å². The zero-order valence-electron chi connectivity index (χ0n) is 9.50. The molecular formula is C11H13NO3S3. The molecule has 0 amide bonds. The lowest BCUT2D eigenvalue weighted by molar-refractivity contribution is 0.282. The highest BCUT2D eigenvalue weighted by molar-refractivity contribution is 7.91. The zero-order chi connectivity index (χ0) is 13.0. The van der Waals surface area contributed by atoms with Crippen molar-refractivity contribution in [2.45, 2.75) is 17.2 Å². The van der Waals surface area contributed by atoms with Crippen molar-refractivity contribution in [2.75, 3.05) is 6.54 Å². The van der Waals surface area contributed by atoms with E-state index in [2.05, 4.69) is 4.72 Å². The van der Waals surface area contributed by atoms with Gasteiger partial charge in [0, 0.05) is 11.4 Å². The largest absolute Gasteiger partial charge is 0.392 e. The molecule has 2 heterocycles. The number of aliphatic hydroxyl groups is 1. The van der Waals surface area contributed by atoms with Gasteiger partial charge in [0.25, 0.3) is 0 Å². The fourth-order valence-electron chi connectivity index (χ4n) is 1.41. The number of sulfonamides is 1. The van der Waals surface area contributed by atoms with Crippen molar-refractivity contribution in [3.05, 3.63) is 39.4 Å². The van der Waals surface area contributed by atoms with Gasteiger partial charge in [0.05, 0.1) is 6.61 Å². The van der Waals surface area contributed by atoms with Gasteiger partial charge in [-0.15, -0.1) is 22.7 Å². The Balaban J connectivity index is 1.95. The van der Waals surface area contributed by atoms with Crippen LogP contribution in [0.5, 0.6) is 0 Å². The van der Waals surface area contributed by atoms with Crippen molar-refractivity contribution < 1.29 is 13.5 Å². The van der Waals surface area contributed by atoms with Crippen LogP contribution in [0.3, 0.4) is 0 Å². The Kier molecular flexibility index (Phi) is 4.52. The van der Waals surface area contributed by atoms with Gasteiger partial charge in [0.1, 0.15) is 4.21 Å². The number of nitrogens with one attached hydrogen (secondary N) is 1. The topological polar surface area (TPSA) is 66.4 Å². The molecule has 0 aliphatic heterocycles. The van der Waals surface area contributed by atoms with E-state index in [4.69, 9.17) is 5.11 Å². The molecule has 0 atom stereocenters. The monoisotopic (exact) mass is 303 g/mol. The van der Waals surface area contributed by atoms with E-state index in [9.17, 15) is 8.42 Å². The van der Waals surface area contributed by atoms with Crippen LogP contribution in [0.2, 0.25) is 0 Å². The van der Waals surface area contributed by atoms with Crippen LogP contribution in [-0.2, 0) is 23.1 Å². The molecule has 0 fully saturated rings. The summed E-state index contributed by atoms with van der Waals surface area (Å²) in [4.78, 5) is 1.15. The summed E-state index contributed by atoms with van der Waals surface area (Å²) in [6, 6.07) is 5.42. The lowest BCUT2D eigenvalue weighted by Crippen LogP contribution is -2.25. The first-order valence-corrected chi connectivity index (χ1v) is 8.56. The van der Waals surface area contributed by atoms with Gasteiger partial charge >= 0.3 is 0 Å². The summed E-state index contributed by atoms with van der Waals surface area (Å²) in [6.07, 6.45) is 0.690. The predicted octanol–water partition coefficient (Wildman–Crippen LogP) is 1.82. The number of hydrogen-bond acceptors (Lipinski definition) is 5. The van der Waals surface area contributed by atoms with Crippen molar-refractivity contribution in [1.82, 2.24) is 4.72 Å². The molecule has 2 N–H and O–H groups in total. The summed E-state index contributed by atoms with van der Waals surface area (Å²) >= 11 is 2.73. The van der Waals surface area contributed by atoms with E-state index in [1.54, 1.807) is 16.7 Å². The van der Waals surface area contributed by atoms with Gasteiger partial charge in [-0.25, -0.2) is 13.1 Å². The van der Waals surface area contributed by atoms with Crippen LogP contribution in [0.1, 0.15) is 10.4 Å². The first kappa shape index (κ1) is 13.7. The summed E-state index contributed by atoms with van der Waals surface area (Å²) in [7, 11) is -3.44. The minimum atomic E-state index is -3.44. The number of thiophene rings is 2. The van der Waals surface area contributed by atoms with E-state index in [0.29, 0.717) is 18.5 Å². The maximum atomic E-state index is 11.9. The molecule has 2 rings (SSSR count). The zero-order valence-corrected chi connectivity index (χ0v) is 11.9. The third-order valence-electron chi connectivity index (χ3n) is 2.32. The molecule has 4 nitrogen and oxygen atoms in total. The Bertz CT molecular complexity index is 587. The van der Waals surface area contributed by atoms with E-state index in [0.717, 1.165) is 16.2 Å². The molecule has 0 bridgehead atoms. The highest BCUT2D eigenvalue weighted by atomic mass is 32.2. The third-order valence-corrected chi connectivity index (χ3v) is 6.21. The van der Waals surface area contributed by atoms with Gasteiger partial charge in [-0.1, -0.05) is 6.07 Å². The van der Waals surface area contributed by atoms with Crippen LogP contribution in [0.15, 0.2) is 33.2 Å². The van der Waals surface area contributed by atoms with Gasteiger partial charge in [-0.05, 0) is 34.9 Å². The van der Waals surface area contributed by atoms with Crippen LogP contribution in [0.4, 0.5) is 0 Å². The lowest BCUT2D eigenvalue weighted by atomic mass is 10.3. The summed E-state index contributed by atoms with van der Waals surface area (Å²) in [6.45, 7) is 0.246. The fourth-order valence-corrected chi connectivity index (χ4v) is 4.40. The fraction of sp³-hybridized carbons (Fsp3) is 0.273. The molecule has 0 aromatic carbocycles. The molecule has 0 saturated carbocycles. The van der Waals surface area contributed by atoms with Crippen molar-refractivity contribution in [3.8, 4) is 0 Å². The van der Waals surface area contributed by atoms with Gasteiger partial charge in [-0.2, -0.15) is 0 Å². The quantitative estimate of drug-likeness (QED) is 0.855. The molecule has 18 heavy (non-hydrogen) atoms. The SMILES string of the molecule is O=S(=O)(NCCc1cccs1)c1cc(CO)cs1. The Hall–Kier alpha value is -0.730. The predicted molar refractivity (Wildman–Crippen MR) is 73.5 cm³/mol. The summed E-state index contributed by atoms with van der Waals surface area (Å²) in [5, 5.41) is 12.5. The highest BCUT2D eigenvalue weighted by Gasteiger charge is 2.15. The molecule has 0 saturated heterocycles. The van der Waals surface area contributed by atoms with Gasteiger partial charge in [0.15, 0.2) is 0 Å². The standard InChI is InChI=1S/C11H13NO3S3/c13-7-9-6-11(17-8-9)18(14,15)12-4-3-10-2-1-5-16-10/h1-2,5-6,8,12-13H,3-4,7H2. The van der Waals surface area contributed by atoms with E-state index in [-0.39, 0.29) is 10.8 Å². The average molecular weight is 303 g/mol. The second kappa shape index (κ2) is 5.94. The molecule has 2 aromatic heterocycles. The molecule has 0 aliphatic carbocycles. The first-order valence-electron chi connectivity index (χ1n) is 5.32. The van der Waals surface area contributed by atoms with E-state index in [1.807, 2.05) is 17.5 Å². The van der Waals surface area contributed by atoms with Crippen molar-refractivity contribution in [1.29, 1.82) is 0 Å². The van der Waals surface area contributed by atoms with Crippen LogP contribution >= 0.6 is 22.7 Å². The molecule has 0 aliphatic rings. The summed E-state index contributed by atoms with van der Waals surface area (Å²) in [5.41, 5.74) is 0.624. The summed E-state index contributed by atoms with van der Waals surface area (Å²) < 4.78 is 26.6. The first-order chi connectivity index (χ1) is 8.62. The number of aliphatic hydroxyl groups excluding tert-OH is 1. The minimum absolute atomic E-state index is 0.138. The highest BCUT2D eigenvalue weighted by Crippen LogP contribution is 2.20. The Labute approximate surface area is 114 Å². The molecule has 7 heteroatoms. The maximum absolute atomic E-state index is 11.9. The Morgan fingerprint density at radius 1 is 1.33 bits per heavy atom. The van der Waals surface area contributed by atoms with Crippen LogP contribution in [-0.4, -0.2) is 20.1 Å². The average Bonchev–Trinajstić information content (AvgIpc) is 2.99. The minimum Gasteiger partial charge on any atom is -0.392 e. The molecule has 0 radical (unpaired) electrons. The smallest absolute Gasteiger partial charge is 0.250 e. The van der Waals surface area contributed by atoms with Crippen molar-refractivity contribution >= 4 is 32.7 Å². The Morgan fingerprint density at radius 2 is 2.17 bits per heavy atom. The normalized spacial score (nSPS) is 11.8. The second-order valence-corrected chi connectivity index (χ2v) is 7.60. The van der Waals surface area contributed by atoms with Gasteiger partial charge in [0.2, 0.25) is 10.0 Å². The molecular weight excluding hydrogens is 290 g/mol. The van der Waals surface area contributed by atoms with Crippen LogP contribution in [0.25, 0.3) is 0 Å².